The lowest BCUT2D eigenvalue weighted by Crippen LogP contribution is -2.56. The monoisotopic (exact) mass is 629 g/mol. The molecule has 1 aromatic carbocycles. The molecule has 5 N–H and O–H groups in total. The molecule has 5 rings (SSSR count). The molecule has 0 aliphatic carbocycles. The Kier molecular flexibility index (Phi) is 8.39. The van der Waals surface area contributed by atoms with E-state index in [9.17, 15) is 15.3 Å². The largest absolute Gasteiger partial charge is 0.397 e. The van der Waals surface area contributed by atoms with Gasteiger partial charge >= 0.3 is 0 Å². The first-order valence-electron chi connectivity index (χ1n) is 13.2. The maximum Gasteiger partial charge on any atom is 0.246 e. The highest BCUT2D eigenvalue weighted by atomic mass is 35.5. The standard InChI is InChI=1S/C29H30Cl2FN7O2S/c1-5-19(41)38-8-9-39-16(11-38)12-42-27-14(3)25(20-22(32)17(30)10-18(31)23(20)33)37-29(21(27)28(39)34)36-24-13(2)6-7-35-26(24)15(4)40/h5-7,10,15-16,34,40H,1,8-9,11-12,33H2,2-4H3,(H,36,37). The molecule has 4 heterocycles. The fourth-order valence-corrected chi connectivity index (χ4v) is 7.11. The van der Waals surface area contributed by atoms with Crippen LogP contribution >= 0.6 is 35.0 Å². The number of halogens is 3. The lowest BCUT2D eigenvalue weighted by molar-refractivity contribution is -0.128. The molecule has 220 valence electrons. The van der Waals surface area contributed by atoms with Crippen LogP contribution in [-0.2, 0) is 4.79 Å². The highest BCUT2D eigenvalue weighted by molar-refractivity contribution is 7.99. The Balaban J connectivity index is 1.74. The number of aliphatic hydroxyl groups excluding tert-OH is 1. The molecule has 0 bridgehead atoms. The molecule has 9 nitrogen and oxygen atoms in total. The number of benzene rings is 1. The third-order valence-corrected chi connectivity index (χ3v) is 9.51. The lowest BCUT2D eigenvalue weighted by atomic mass is 10.0. The predicted octanol–water partition coefficient (Wildman–Crippen LogP) is 5.72. The van der Waals surface area contributed by atoms with E-state index < -0.39 is 11.9 Å². The van der Waals surface area contributed by atoms with Gasteiger partial charge in [0.25, 0.3) is 0 Å². The molecule has 2 unspecified atom stereocenters. The molecule has 2 aliphatic heterocycles. The van der Waals surface area contributed by atoms with Gasteiger partial charge in [-0.2, -0.15) is 0 Å². The Morgan fingerprint density at radius 3 is 2.76 bits per heavy atom. The van der Waals surface area contributed by atoms with Gasteiger partial charge in [0.2, 0.25) is 5.91 Å². The van der Waals surface area contributed by atoms with E-state index in [1.54, 1.807) is 31.0 Å². The zero-order chi connectivity index (χ0) is 30.5. The minimum absolute atomic E-state index is 0.00742. The number of anilines is 3. The Bertz CT molecular complexity index is 1610. The fraction of sp³-hybridized carbons (Fsp3) is 0.310. The average molecular weight is 631 g/mol. The van der Waals surface area contributed by atoms with E-state index in [-0.39, 0.29) is 50.6 Å². The minimum atomic E-state index is -0.899. The number of aryl methyl sites for hydroxylation is 1. The smallest absolute Gasteiger partial charge is 0.246 e. The van der Waals surface area contributed by atoms with Gasteiger partial charge in [0.15, 0.2) is 5.82 Å². The summed E-state index contributed by atoms with van der Waals surface area (Å²) in [6, 6.07) is 2.89. The van der Waals surface area contributed by atoms with E-state index in [4.69, 9.17) is 33.9 Å². The van der Waals surface area contributed by atoms with E-state index in [0.717, 1.165) is 5.56 Å². The molecule has 0 radical (unpaired) electrons. The molecule has 3 aromatic rings. The van der Waals surface area contributed by atoms with E-state index in [1.165, 1.54) is 23.9 Å². The number of nitrogens with two attached hydrogens (primary N) is 1. The molecular formula is C29H30Cl2FN7O2S. The Hall–Kier alpha value is -3.38. The highest BCUT2D eigenvalue weighted by Crippen LogP contribution is 2.45. The van der Waals surface area contributed by atoms with E-state index in [2.05, 4.69) is 16.9 Å². The number of pyridine rings is 2. The number of hydrogen-bond donors (Lipinski definition) is 4. The van der Waals surface area contributed by atoms with Crippen molar-refractivity contribution in [2.75, 3.05) is 36.4 Å². The third kappa shape index (κ3) is 5.19. The Morgan fingerprint density at radius 1 is 1.33 bits per heavy atom. The van der Waals surface area contributed by atoms with Crippen molar-refractivity contribution in [3.63, 3.8) is 0 Å². The number of hydrogen-bond acceptors (Lipinski definition) is 8. The quantitative estimate of drug-likeness (QED) is 0.160. The second-order valence-corrected chi connectivity index (χ2v) is 12.1. The maximum atomic E-state index is 15.6. The Labute approximate surface area is 257 Å². The van der Waals surface area contributed by atoms with Crippen LogP contribution in [0.25, 0.3) is 11.3 Å². The van der Waals surface area contributed by atoms with Gasteiger partial charge in [-0.25, -0.2) is 9.37 Å². The molecule has 2 aliphatic rings. The zero-order valence-corrected chi connectivity index (χ0v) is 25.6. The van der Waals surface area contributed by atoms with E-state index in [1.807, 2.05) is 11.8 Å². The van der Waals surface area contributed by atoms with Crippen LogP contribution in [0.15, 0.2) is 35.9 Å². The maximum absolute atomic E-state index is 15.6. The first kappa shape index (κ1) is 30.1. The third-order valence-electron chi connectivity index (χ3n) is 7.57. The number of thioether (sulfide) groups is 1. The van der Waals surface area contributed by atoms with Gasteiger partial charge in [0.05, 0.1) is 56.1 Å². The van der Waals surface area contributed by atoms with E-state index in [0.29, 0.717) is 52.8 Å². The van der Waals surface area contributed by atoms with Crippen LogP contribution in [0.5, 0.6) is 0 Å². The molecule has 13 heteroatoms. The number of nitrogens with zero attached hydrogens (tertiary/aromatic N) is 4. The summed E-state index contributed by atoms with van der Waals surface area (Å²) in [6.07, 6.45) is 2.00. The van der Waals surface area contributed by atoms with Crippen LogP contribution in [0.4, 0.5) is 21.6 Å². The van der Waals surface area contributed by atoms with Gasteiger partial charge in [-0.15, -0.1) is 11.8 Å². The molecule has 1 amide bonds. The number of amides is 1. The average Bonchev–Trinajstić information content (AvgIpc) is 3.11. The molecule has 2 aromatic heterocycles. The predicted molar refractivity (Wildman–Crippen MR) is 167 cm³/mol. The van der Waals surface area contributed by atoms with Gasteiger partial charge in [0, 0.05) is 36.5 Å². The van der Waals surface area contributed by atoms with Crippen LogP contribution < -0.4 is 11.1 Å². The Morgan fingerprint density at radius 2 is 2.07 bits per heavy atom. The summed E-state index contributed by atoms with van der Waals surface area (Å²) < 4.78 is 15.6. The van der Waals surface area contributed by atoms with Crippen molar-refractivity contribution in [3.05, 3.63) is 69.2 Å². The normalized spacial score (nSPS) is 17.3. The summed E-state index contributed by atoms with van der Waals surface area (Å²) in [6.45, 7) is 10.2. The summed E-state index contributed by atoms with van der Waals surface area (Å²) in [4.78, 5) is 26.0. The SMILES string of the molecule is C=CC(=O)N1CCN2C(=N)c3c(Nc4c(C)ccnc4C(C)O)nc(-c4c(N)c(Cl)cc(Cl)c4F)c(C)c3SCC2C1. The second-order valence-electron chi connectivity index (χ2n) is 10.3. The summed E-state index contributed by atoms with van der Waals surface area (Å²) in [5.41, 5.74) is 9.30. The number of nitrogen functional groups attached to an aromatic ring is 1. The van der Waals surface area contributed by atoms with Crippen molar-refractivity contribution in [3.8, 4) is 11.3 Å². The van der Waals surface area contributed by atoms with Crippen molar-refractivity contribution < 1.29 is 14.3 Å². The van der Waals surface area contributed by atoms with Crippen LogP contribution in [0.3, 0.4) is 0 Å². The van der Waals surface area contributed by atoms with Crippen molar-refractivity contribution in [2.45, 2.75) is 37.8 Å². The second kappa shape index (κ2) is 11.7. The molecule has 1 fully saturated rings. The summed E-state index contributed by atoms with van der Waals surface area (Å²) >= 11 is 14.0. The van der Waals surface area contributed by atoms with Crippen LogP contribution in [0, 0.1) is 25.1 Å². The number of rotatable bonds is 5. The van der Waals surface area contributed by atoms with Crippen molar-refractivity contribution >= 4 is 63.9 Å². The van der Waals surface area contributed by atoms with Gasteiger partial charge in [-0.05, 0) is 50.1 Å². The molecule has 1 saturated heterocycles. The molecular weight excluding hydrogens is 600 g/mol. The van der Waals surface area contributed by atoms with Crippen LogP contribution in [-0.4, -0.2) is 68.0 Å². The number of amidine groups is 1. The number of aromatic nitrogens is 2. The van der Waals surface area contributed by atoms with Crippen molar-refractivity contribution in [1.82, 2.24) is 19.8 Å². The first-order valence-corrected chi connectivity index (χ1v) is 15.0. The molecule has 42 heavy (non-hydrogen) atoms. The molecule has 0 spiro atoms. The fourth-order valence-electron chi connectivity index (χ4n) is 5.35. The number of fused-ring (bicyclic) bond motifs is 2. The lowest BCUT2D eigenvalue weighted by Gasteiger charge is -2.41. The number of carbonyl (C=O) groups is 1. The van der Waals surface area contributed by atoms with Crippen LogP contribution in [0.2, 0.25) is 10.0 Å². The van der Waals surface area contributed by atoms with Gasteiger partial charge < -0.3 is 26.0 Å². The van der Waals surface area contributed by atoms with Crippen molar-refractivity contribution in [1.29, 1.82) is 5.41 Å². The van der Waals surface area contributed by atoms with Gasteiger partial charge in [-0.1, -0.05) is 29.8 Å². The number of piperazine rings is 1. The van der Waals surface area contributed by atoms with Crippen molar-refractivity contribution in [2.24, 2.45) is 0 Å². The van der Waals surface area contributed by atoms with Gasteiger partial charge in [-0.3, -0.25) is 15.2 Å². The summed E-state index contributed by atoms with van der Waals surface area (Å²) in [5.74, 6) is 0.123. The first-order chi connectivity index (χ1) is 19.9. The summed E-state index contributed by atoms with van der Waals surface area (Å²) in [7, 11) is 0. The highest BCUT2D eigenvalue weighted by Gasteiger charge is 2.37. The van der Waals surface area contributed by atoms with Crippen LogP contribution in [0.1, 0.15) is 35.4 Å². The topological polar surface area (TPSA) is 131 Å². The number of aliphatic hydroxyl groups is 1. The minimum Gasteiger partial charge on any atom is -0.397 e. The van der Waals surface area contributed by atoms with Gasteiger partial charge in [0.1, 0.15) is 11.7 Å². The summed E-state index contributed by atoms with van der Waals surface area (Å²) in [5, 5.41) is 23.1. The zero-order valence-electron chi connectivity index (χ0n) is 23.3. The number of nitrogens with one attached hydrogen (secondary N) is 2. The number of carbonyl (C=O) groups excluding carboxylic acids is 1. The van der Waals surface area contributed by atoms with E-state index >= 15 is 4.39 Å². The molecule has 2 atom stereocenters. The molecule has 0 saturated carbocycles.